The van der Waals surface area contributed by atoms with Gasteiger partial charge in [0.25, 0.3) is 11.8 Å². The number of carbonyl (C=O) groups is 4. The molecular formula is C31H32N6O4. The van der Waals surface area contributed by atoms with E-state index in [4.69, 9.17) is 0 Å². The van der Waals surface area contributed by atoms with Gasteiger partial charge < -0.3 is 14.4 Å². The van der Waals surface area contributed by atoms with E-state index in [0.717, 1.165) is 56.0 Å². The normalized spacial score (nSPS) is 21.7. The van der Waals surface area contributed by atoms with Crippen molar-refractivity contribution in [3.8, 4) is 0 Å². The SMILES string of the molecule is O=C1CCC(N2Cc3cc(C4CCN(Cc5cnc6n5CCN(c5ccccc5)C6=O)CC4)ccc3C2=O)C(=O)N1. The molecule has 2 fully saturated rings. The first-order valence-corrected chi connectivity index (χ1v) is 14.4. The van der Waals surface area contributed by atoms with Gasteiger partial charge in [-0.15, -0.1) is 0 Å². The molecule has 1 unspecified atom stereocenters. The number of hydrogen-bond acceptors (Lipinski definition) is 6. The lowest BCUT2D eigenvalue weighted by Gasteiger charge is -2.33. The minimum absolute atomic E-state index is 0.0568. The number of likely N-dealkylation sites (tertiary alicyclic amines) is 1. The van der Waals surface area contributed by atoms with E-state index in [9.17, 15) is 19.2 Å². The number of imidazole rings is 1. The zero-order valence-corrected chi connectivity index (χ0v) is 22.8. The minimum Gasteiger partial charge on any atom is -0.322 e. The van der Waals surface area contributed by atoms with Gasteiger partial charge in [0, 0.05) is 43.9 Å². The lowest BCUT2D eigenvalue weighted by Crippen LogP contribution is -2.52. The summed E-state index contributed by atoms with van der Waals surface area (Å²) >= 11 is 0. The van der Waals surface area contributed by atoms with Crippen molar-refractivity contribution in [1.29, 1.82) is 0 Å². The van der Waals surface area contributed by atoms with Crippen LogP contribution < -0.4 is 10.2 Å². The Labute approximate surface area is 237 Å². The number of aromatic nitrogens is 2. The molecule has 5 heterocycles. The molecule has 4 aliphatic heterocycles. The molecular weight excluding hydrogens is 520 g/mol. The largest absolute Gasteiger partial charge is 0.322 e. The smallest absolute Gasteiger partial charge is 0.294 e. The van der Waals surface area contributed by atoms with Crippen LogP contribution in [0.1, 0.15) is 69.4 Å². The maximum Gasteiger partial charge on any atom is 0.294 e. The Morgan fingerprint density at radius 3 is 2.46 bits per heavy atom. The maximum absolute atomic E-state index is 13.1. The van der Waals surface area contributed by atoms with E-state index in [1.807, 2.05) is 42.6 Å². The number of fused-ring (bicyclic) bond motifs is 2. The topological polar surface area (TPSA) is 108 Å². The monoisotopic (exact) mass is 552 g/mol. The van der Waals surface area contributed by atoms with Crippen molar-refractivity contribution < 1.29 is 19.2 Å². The van der Waals surface area contributed by atoms with Crippen LogP contribution in [0.3, 0.4) is 0 Å². The average molecular weight is 553 g/mol. The Bertz CT molecular complexity index is 1540. The third-order valence-electron chi connectivity index (χ3n) is 8.98. The maximum atomic E-state index is 13.1. The lowest BCUT2D eigenvalue weighted by atomic mass is 9.88. The highest BCUT2D eigenvalue weighted by molar-refractivity contribution is 6.05. The zero-order chi connectivity index (χ0) is 28.1. The molecule has 7 rings (SSSR count). The molecule has 41 heavy (non-hydrogen) atoms. The number of nitrogens with one attached hydrogen (secondary N) is 1. The van der Waals surface area contributed by atoms with Crippen LogP contribution >= 0.6 is 0 Å². The highest BCUT2D eigenvalue weighted by Gasteiger charge is 2.39. The first kappa shape index (κ1) is 25.6. The zero-order valence-electron chi connectivity index (χ0n) is 22.8. The third kappa shape index (κ3) is 4.61. The summed E-state index contributed by atoms with van der Waals surface area (Å²) < 4.78 is 2.07. The molecule has 10 heteroatoms. The number of imide groups is 1. The summed E-state index contributed by atoms with van der Waals surface area (Å²) in [6.07, 6.45) is 4.48. The predicted octanol–water partition coefficient (Wildman–Crippen LogP) is 2.68. The Balaban J connectivity index is 0.977. The highest BCUT2D eigenvalue weighted by atomic mass is 16.2. The van der Waals surface area contributed by atoms with Gasteiger partial charge in [-0.05, 0) is 67.6 Å². The number of amides is 4. The Hall–Kier alpha value is -4.31. The standard InChI is InChI=1S/C31H32N6O4/c38-27-9-8-26(29(39)33-27)37-18-22-16-21(6-7-25(22)30(37)40)20-10-12-34(13-11-20)19-24-17-32-28-31(41)36(15-14-35(24)28)23-4-2-1-3-5-23/h1-7,16-17,20,26H,8-15,18-19H2,(H,33,38,39). The van der Waals surface area contributed by atoms with Crippen LogP contribution in [0.4, 0.5) is 5.69 Å². The Morgan fingerprint density at radius 1 is 0.878 bits per heavy atom. The molecule has 1 aromatic heterocycles. The third-order valence-corrected chi connectivity index (χ3v) is 8.98. The molecule has 0 radical (unpaired) electrons. The molecule has 0 bridgehead atoms. The number of rotatable bonds is 5. The van der Waals surface area contributed by atoms with Gasteiger partial charge in [-0.3, -0.25) is 29.4 Å². The highest BCUT2D eigenvalue weighted by Crippen LogP contribution is 2.34. The summed E-state index contributed by atoms with van der Waals surface area (Å²) in [6.45, 7) is 4.40. The van der Waals surface area contributed by atoms with Gasteiger partial charge in [0.05, 0.1) is 11.9 Å². The summed E-state index contributed by atoms with van der Waals surface area (Å²) in [7, 11) is 0. The molecule has 10 nitrogen and oxygen atoms in total. The van der Waals surface area contributed by atoms with Crippen LogP contribution in [-0.2, 0) is 29.2 Å². The first-order valence-electron chi connectivity index (χ1n) is 14.4. The second-order valence-electron chi connectivity index (χ2n) is 11.4. The number of anilines is 1. The molecule has 2 saturated heterocycles. The molecule has 210 valence electrons. The van der Waals surface area contributed by atoms with Crippen molar-refractivity contribution in [3.05, 3.63) is 82.9 Å². The summed E-state index contributed by atoms with van der Waals surface area (Å²) in [5.41, 5.74) is 4.82. The summed E-state index contributed by atoms with van der Waals surface area (Å²) in [6, 6.07) is 15.2. The van der Waals surface area contributed by atoms with Gasteiger partial charge in [0.15, 0.2) is 5.82 Å². The summed E-state index contributed by atoms with van der Waals surface area (Å²) in [5, 5.41) is 2.36. The number of hydrogen-bond donors (Lipinski definition) is 1. The first-order chi connectivity index (χ1) is 20.0. The summed E-state index contributed by atoms with van der Waals surface area (Å²) in [5.74, 6) is 0.0532. The van der Waals surface area contributed by atoms with Crippen molar-refractivity contribution in [2.75, 3.05) is 24.5 Å². The molecule has 4 aliphatic rings. The van der Waals surface area contributed by atoms with Gasteiger partial charge in [-0.1, -0.05) is 30.3 Å². The van der Waals surface area contributed by atoms with Crippen LogP contribution in [0, 0.1) is 0 Å². The van der Waals surface area contributed by atoms with Gasteiger partial charge in [0.1, 0.15) is 6.04 Å². The van der Waals surface area contributed by atoms with Gasteiger partial charge >= 0.3 is 0 Å². The quantitative estimate of drug-likeness (QED) is 0.488. The molecule has 1 atom stereocenters. The van der Waals surface area contributed by atoms with E-state index in [1.54, 1.807) is 9.80 Å². The molecule has 0 saturated carbocycles. The Kier molecular flexibility index (Phi) is 6.42. The van der Waals surface area contributed by atoms with Crippen molar-refractivity contribution in [2.45, 2.75) is 57.3 Å². The Morgan fingerprint density at radius 2 is 1.68 bits per heavy atom. The van der Waals surface area contributed by atoms with Gasteiger partial charge in [-0.2, -0.15) is 0 Å². The van der Waals surface area contributed by atoms with E-state index in [-0.39, 0.29) is 30.0 Å². The van der Waals surface area contributed by atoms with E-state index < -0.39 is 6.04 Å². The number of nitrogens with zero attached hydrogens (tertiary/aromatic N) is 5. The fourth-order valence-corrected chi connectivity index (χ4v) is 6.74. The number of benzene rings is 2. The molecule has 2 aromatic carbocycles. The molecule has 3 aromatic rings. The number of carbonyl (C=O) groups excluding carboxylic acids is 4. The lowest BCUT2D eigenvalue weighted by molar-refractivity contribution is -0.136. The van der Waals surface area contributed by atoms with Gasteiger partial charge in [-0.25, -0.2) is 4.98 Å². The van der Waals surface area contributed by atoms with E-state index in [0.29, 0.717) is 36.8 Å². The van der Waals surface area contributed by atoms with Crippen molar-refractivity contribution in [2.24, 2.45) is 0 Å². The van der Waals surface area contributed by atoms with Crippen LogP contribution in [0.2, 0.25) is 0 Å². The fraction of sp³-hybridized carbons (Fsp3) is 0.387. The van der Waals surface area contributed by atoms with Crippen LogP contribution in [0.25, 0.3) is 0 Å². The second kappa shape index (κ2) is 10.3. The molecule has 0 aliphatic carbocycles. The fourth-order valence-electron chi connectivity index (χ4n) is 6.74. The number of para-hydroxylation sites is 1. The van der Waals surface area contributed by atoms with E-state index >= 15 is 0 Å². The number of piperidine rings is 2. The minimum atomic E-state index is -0.592. The van der Waals surface area contributed by atoms with Crippen LogP contribution in [0.5, 0.6) is 0 Å². The van der Waals surface area contributed by atoms with Crippen LogP contribution in [-0.4, -0.2) is 68.7 Å². The molecule has 0 spiro atoms. The van der Waals surface area contributed by atoms with Gasteiger partial charge in [0.2, 0.25) is 11.8 Å². The van der Waals surface area contributed by atoms with E-state index in [2.05, 4.69) is 31.9 Å². The molecule has 4 amide bonds. The predicted molar refractivity (Wildman–Crippen MR) is 150 cm³/mol. The van der Waals surface area contributed by atoms with Crippen molar-refractivity contribution in [3.63, 3.8) is 0 Å². The summed E-state index contributed by atoms with van der Waals surface area (Å²) in [4.78, 5) is 60.4. The van der Waals surface area contributed by atoms with E-state index in [1.165, 1.54) is 5.56 Å². The van der Waals surface area contributed by atoms with Crippen molar-refractivity contribution >= 4 is 29.3 Å². The van der Waals surface area contributed by atoms with Crippen molar-refractivity contribution in [1.82, 2.24) is 24.7 Å². The average Bonchev–Trinajstić information content (AvgIpc) is 3.55. The van der Waals surface area contributed by atoms with Crippen LogP contribution in [0.15, 0.2) is 54.7 Å². The second-order valence-corrected chi connectivity index (χ2v) is 11.4. The molecule has 1 N–H and O–H groups in total.